The van der Waals surface area contributed by atoms with Crippen molar-refractivity contribution in [1.29, 1.82) is 0 Å². The number of nitrogens with zero attached hydrogens (tertiary/aromatic N) is 1. The number of ether oxygens (including phenoxy) is 2. The third-order valence-corrected chi connectivity index (χ3v) is 10.1. The molecule has 3 fully saturated rings. The number of hydrogen-bond donors (Lipinski definition) is 3. The number of carboxylic acids is 1. The SMILES string of the molecule is CCCCCCN(C(=O)NC1CCCCC1C(CC(=O)O)c1[nH]ccc1C(=O)C1OC(C)(C)OCC1(C)C)C1CCCCC1. The Morgan fingerprint density at radius 3 is 2.43 bits per heavy atom. The second-order valence-electron chi connectivity index (χ2n) is 14.6. The van der Waals surface area contributed by atoms with Crippen molar-refractivity contribution in [3.8, 4) is 0 Å². The van der Waals surface area contributed by atoms with E-state index >= 15 is 0 Å². The van der Waals surface area contributed by atoms with Gasteiger partial charge >= 0.3 is 12.0 Å². The van der Waals surface area contributed by atoms with Crippen molar-refractivity contribution in [2.75, 3.05) is 13.2 Å². The Morgan fingerprint density at radius 1 is 1.02 bits per heavy atom. The first-order valence-electron chi connectivity index (χ1n) is 17.3. The van der Waals surface area contributed by atoms with E-state index in [2.05, 4.69) is 22.1 Å². The van der Waals surface area contributed by atoms with Crippen LogP contribution in [0.2, 0.25) is 0 Å². The molecule has 1 aliphatic heterocycles. The zero-order valence-electron chi connectivity index (χ0n) is 27.8. The molecule has 3 aliphatic rings. The molecule has 4 rings (SSSR count). The third kappa shape index (κ3) is 8.65. The number of aromatic amines is 1. The van der Waals surface area contributed by atoms with Crippen LogP contribution >= 0.6 is 0 Å². The molecule has 9 nitrogen and oxygen atoms in total. The van der Waals surface area contributed by atoms with Gasteiger partial charge in [-0.15, -0.1) is 0 Å². The number of rotatable bonds is 13. The Balaban J connectivity index is 1.58. The van der Waals surface area contributed by atoms with Crippen molar-refractivity contribution in [2.24, 2.45) is 11.3 Å². The number of Topliss-reactive ketones (excluding diaryl/α,β-unsaturated/α-hetero) is 1. The van der Waals surface area contributed by atoms with Crippen LogP contribution in [0.3, 0.4) is 0 Å². The van der Waals surface area contributed by atoms with Crippen molar-refractivity contribution >= 4 is 17.8 Å². The van der Waals surface area contributed by atoms with Gasteiger partial charge in [-0.05, 0) is 57.9 Å². The van der Waals surface area contributed by atoms with Crippen molar-refractivity contribution in [2.45, 2.75) is 154 Å². The van der Waals surface area contributed by atoms with Crippen LogP contribution in [0.15, 0.2) is 12.3 Å². The number of urea groups is 1. The normalized spacial score (nSPS) is 26.1. The summed E-state index contributed by atoms with van der Waals surface area (Å²) in [6.07, 6.45) is 14.5. The number of nitrogens with one attached hydrogen (secondary N) is 2. The van der Waals surface area contributed by atoms with Crippen LogP contribution in [-0.4, -0.2) is 69.9 Å². The zero-order chi connectivity index (χ0) is 31.9. The molecular weight excluding hydrogens is 558 g/mol. The maximum absolute atomic E-state index is 14.1. The van der Waals surface area contributed by atoms with Gasteiger partial charge in [-0.3, -0.25) is 9.59 Å². The number of aliphatic carboxylic acids is 1. The van der Waals surface area contributed by atoms with Crippen LogP contribution in [0.1, 0.15) is 146 Å². The molecular formula is C35H57N3O6. The lowest BCUT2D eigenvalue weighted by Crippen LogP contribution is -2.54. The molecule has 1 saturated heterocycles. The number of H-pyrrole nitrogens is 1. The van der Waals surface area contributed by atoms with Crippen molar-refractivity contribution < 1.29 is 29.0 Å². The Labute approximate surface area is 264 Å². The average Bonchev–Trinajstić information content (AvgIpc) is 3.47. The number of amides is 2. The van der Waals surface area contributed by atoms with Crippen molar-refractivity contribution in [1.82, 2.24) is 15.2 Å². The predicted octanol–water partition coefficient (Wildman–Crippen LogP) is 7.42. The fraction of sp³-hybridized carbons (Fsp3) is 0.800. The van der Waals surface area contributed by atoms with Gasteiger partial charge in [0.2, 0.25) is 0 Å². The fourth-order valence-corrected chi connectivity index (χ4v) is 7.64. The number of carbonyl (C=O) groups is 3. The van der Waals surface area contributed by atoms with Gasteiger partial charge in [-0.2, -0.15) is 0 Å². The van der Waals surface area contributed by atoms with E-state index in [1.807, 2.05) is 27.7 Å². The topological polar surface area (TPSA) is 121 Å². The molecule has 2 amide bonds. The quantitative estimate of drug-likeness (QED) is 0.157. The van der Waals surface area contributed by atoms with Crippen LogP contribution in [-0.2, 0) is 14.3 Å². The molecule has 0 spiro atoms. The van der Waals surface area contributed by atoms with Gasteiger partial charge < -0.3 is 29.8 Å². The first-order chi connectivity index (χ1) is 20.9. The van der Waals surface area contributed by atoms with E-state index in [0.29, 0.717) is 17.9 Å². The monoisotopic (exact) mass is 615 g/mol. The summed E-state index contributed by atoms with van der Waals surface area (Å²) >= 11 is 0. The van der Waals surface area contributed by atoms with Gasteiger partial charge in [0.15, 0.2) is 11.6 Å². The highest BCUT2D eigenvalue weighted by Gasteiger charge is 2.47. The van der Waals surface area contributed by atoms with Gasteiger partial charge in [-0.25, -0.2) is 4.79 Å². The van der Waals surface area contributed by atoms with Gasteiger partial charge in [0.05, 0.1) is 13.0 Å². The van der Waals surface area contributed by atoms with Gasteiger partial charge in [-0.1, -0.05) is 72.1 Å². The second kappa shape index (κ2) is 15.3. The Morgan fingerprint density at radius 2 is 1.73 bits per heavy atom. The first kappa shape index (κ1) is 34.5. The Hall–Kier alpha value is -2.39. The molecule has 0 radical (unpaired) electrons. The lowest BCUT2D eigenvalue weighted by molar-refractivity contribution is -0.298. The number of aromatic nitrogens is 1. The van der Waals surface area contributed by atoms with E-state index in [4.69, 9.17) is 9.47 Å². The second-order valence-corrected chi connectivity index (χ2v) is 14.6. The van der Waals surface area contributed by atoms with E-state index in [9.17, 15) is 19.5 Å². The summed E-state index contributed by atoms with van der Waals surface area (Å²) in [6, 6.07) is 1.85. The van der Waals surface area contributed by atoms with Gasteiger partial charge in [0.1, 0.15) is 6.10 Å². The van der Waals surface area contributed by atoms with Gasteiger partial charge in [0, 0.05) is 47.4 Å². The molecule has 2 saturated carbocycles. The summed E-state index contributed by atoms with van der Waals surface area (Å²) in [5, 5.41) is 13.5. The molecule has 2 aliphatic carbocycles. The smallest absolute Gasteiger partial charge is 0.317 e. The Kier molecular flexibility index (Phi) is 12.0. The minimum Gasteiger partial charge on any atom is -0.481 e. The minimum atomic E-state index is -0.915. The van der Waals surface area contributed by atoms with Gasteiger partial charge in [0.25, 0.3) is 0 Å². The summed E-state index contributed by atoms with van der Waals surface area (Å²) in [7, 11) is 0. The van der Waals surface area contributed by atoms with E-state index in [1.165, 1.54) is 12.8 Å². The van der Waals surface area contributed by atoms with E-state index in [0.717, 1.165) is 77.2 Å². The Bertz CT molecular complexity index is 1110. The van der Waals surface area contributed by atoms with Crippen molar-refractivity contribution in [3.05, 3.63) is 23.5 Å². The van der Waals surface area contributed by atoms with Crippen LogP contribution in [0.4, 0.5) is 4.79 Å². The summed E-state index contributed by atoms with van der Waals surface area (Å²) in [4.78, 5) is 45.7. The minimum absolute atomic E-state index is 0.0123. The summed E-state index contributed by atoms with van der Waals surface area (Å²) < 4.78 is 12.0. The number of carboxylic acid groups (broad SMARTS) is 1. The average molecular weight is 616 g/mol. The molecule has 0 bridgehead atoms. The zero-order valence-corrected chi connectivity index (χ0v) is 27.8. The van der Waals surface area contributed by atoms with Crippen molar-refractivity contribution in [3.63, 3.8) is 0 Å². The lowest BCUT2D eigenvalue weighted by atomic mass is 9.72. The van der Waals surface area contributed by atoms with Crippen LogP contribution in [0.25, 0.3) is 0 Å². The highest BCUT2D eigenvalue weighted by atomic mass is 16.7. The molecule has 3 N–H and O–H groups in total. The standard InChI is InChI=1S/C35H57N3O6/c1-6-7-8-14-21-38(24-15-10-9-11-16-24)33(42)37-28-18-13-12-17-25(28)27(22-29(39)40)30-26(19-20-36-30)31(41)32-34(2,3)23-43-35(4,5)44-32/h19-20,24-25,27-28,32,36H,6-18,21-23H2,1-5H3,(H,37,42)(H,39,40). The maximum Gasteiger partial charge on any atom is 0.317 e. The molecule has 1 aromatic rings. The van der Waals surface area contributed by atoms with Crippen LogP contribution < -0.4 is 5.32 Å². The molecule has 4 atom stereocenters. The highest BCUT2D eigenvalue weighted by molar-refractivity contribution is 6.01. The van der Waals surface area contributed by atoms with E-state index in [-0.39, 0.29) is 36.2 Å². The molecule has 4 unspecified atom stereocenters. The van der Waals surface area contributed by atoms with Crippen LogP contribution in [0.5, 0.6) is 0 Å². The first-order valence-corrected chi connectivity index (χ1v) is 17.3. The maximum atomic E-state index is 14.1. The number of unbranched alkanes of at least 4 members (excludes halogenated alkanes) is 3. The summed E-state index contributed by atoms with van der Waals surface area (Å²) in [5.41, 5.74) is 0.559. The number of carbonyl (C=O) groups excluding carboxylic acids is 2. The molecule has 0 aromatic carbocycles. The molecule has 44 heavy (non-hydrogen) atoms. The number of ketones is 1. The predicted molar refractivity (Wildman–Crippen MR) is 171 cm³/mol. The highest BCUT2D eigenvalue weighted by Crippen LogP contribution is 2.42. The van der Waals surface area contributed by atoms with Crippen LogP contribution in [0, 0.1) is 11.3 Å². The lowest BCUT2D eigenvalue weighted by Gasteiger charge is -2.45. The third-order valence-electron chi connectivity index (χ3n) is 10.1. The molecule has 9 heteroatoms. The molecule has 1 aromatic heterocycles. The fourth-order valence-electron chi connectivity index (χ4n) is 7.64. The van der Waals surface area contributed by atoms with E-state index < -0.39 is 29.2 Å². The summed E-state index contributed by atoms with van der Waals surface area (Å²) in [5.74, 6) is -2.53. The molecule has 248 valence electrons. The summed E-state index contributed by atoms with van der Waals surface area (Å²) in [6.45, 7) is 10.9. The molecule has 2 heterocycles. The number of hydrogen-bond acceptors (Lipinski definition) is 5. The largest absolute Gasteiger partial charge is 0.481 e. The van der Waals surface area contributed by atoms with E-state index in [1.54, 1.807) is 12.3 Å².